The molecule has 1 heterocycles. The summed E-state index contributed by atoms with van der Waals surface area (Å²) in [5.41, 5.74) is 0. The van der Waals surface area contributed by atoms with Gasteiger partial charge in [-0.2, -0.15) is 13.2 Å². The maximum atomic E-state index is 12.9. The maximum absolute atomic E-state index is 12.9. The highest BCUT2D eigenvalue weighted by Gasteiger charge is 2.43. The first-order valence-corrected chi connectivity index (χ1v) is 7.47. The Balaban J connectivity index is 2.88. The minimum absolute atomic E-state index is 0.245. The number of halogens is 3. The van der Waals surface area contributed by atoms with E-state index in [0.717, 1.165) is 6.92 Å². The summed E-state index contributed by atoms with van der Waals surface area (Å²) in [5, 5.41) is 0.814. The summed E-state index contributed by atoms with van der Waals surface area (Å²) in [6.07, 6.45) is -4.47. The molecule has 0 aliphatic carbocycles. The molecule has 2 atom stereocenters. The van der Waals surface area contributed by atoms with Crippen LogP contribution >= 0.6 is 24.4 Å². The molecule has 0 aromatic carbocycles. The van der Waals surface area contributed by atoms with Crippen molar-refractivity contribution in [2.24, 2.45) is 0 Å². The van der Waals surface area contributed by atoms with Crippen molar-refractivity contribution in [2.45, 2.75) is 43.8 Å². The molecule has 0 saturated carbocycles. The van der Waals surface area contributed by atoms with E-state index in [-0.39, 0.29) is 12.3 Å². The molecule has 21 heavy (non-hydrogen) atoms. The smallest absolute Gasteiger partial charge is 0.345 e. The minimum atomic E-state index is -4.66. The van der Waals surface area contributed by atoms with Gasteiger partial charge in [0.2, 0.25) is 16.3 Å². The van der Waals surface area contributed by atoms with Crippen molar-refractivity contribution >= 4 is 40.7 Å². The average molecular weight is 344 g/mol. The lowest BCUT2D eigenvalue weighted by molar-refractivity contribution is -0.164. The van der Waals surface area contributed by atoms with E-state index in [0.29, 0.717) is 24.7 Å². The average Bonchev–Trinajstić information content (AvgIpc) is 2.71. The van der Waals surface area contributed by atoms with E-state index in [9.17, 15) is 27.6 Å². The highest BCUT2D eigenvalue weighted by Crippen LogP contribution is 2.32. The van der Waals surface area contributed by atoms with E-state index in [4.69, 9.17) is 0 Å². The van der Waals surface area contributed by atoms with Gasteiger partial charge in [0, 0.05) is 26.3 Å². The van der Waals surface area contributed by atoms with Gasteiger partial charge in [0.15, 0.2) is 0 Å². The number of nitrogens with zero attached hydrogens (tertiary/aromatic N) is 1. The van der Waals surface area contributed by atoms with Gasteiger partial charge in [0.1, 0.15) is 6.04 Å². The number of amides is 2. The summed E-state index contributed by atoms with van der Waals surface area (Å²) in [5.74, 6) is -1.13. The van der Waals surface area contributed by atoms with Gasteiger partial charge in [-0.05, 0) is 6.42 Å². The number of hydrogen-bond acceptors (Lipinski definition) is 4. The largest absolute Gasteiger partial charge is 0.408 e. The molecule has 10 heteroatoms. The van der Waals surface area contributed by atoms with Crippen molar-refractivity contribution in [3.8, 4) is 0 Å². The van der Waals surface area contributed by atoms with Crippen LogP contribution in [0, 0.1) is 0 Å². The van der Waals surface area contributed by atoms with Crippen LogP contribution in [0.2, 0.25) is 0 Å². The van der Waals surface area contributed by atoms with E-state index in [1.165, 1.54) is 4.90 Å². The van der Waals surface area contributed by atoms with Crippen LogP contribution in [0.3, 0.4) is 0 Å². The van der Waals surface area contributed by atoms with Crippen LogP contribution < -0.4 is 5.32 Å². The Morgan fingerprint density at radius 1 is 1.48 bits per heavy atom. The molecule has 120 valence electrons. The van der Waals surface area contributed by atoms with E-state index in [2.05, 4.69) is 12.6 Å². The lowest BCUT2D eigenvalue weighted by Crippen LogP contribution is -2.49. The molecule has 0 spiro atoms. The Morgan fingerprint density at radius 2 is 2.10 bits per heavy atom. The fourth-order valence-electron chi connectivity index (χ4n) is 2.05. The quantitative estimate of drug-likeness (QED) is 0.750. The lowest BCUT2D eigenvalue weighted by Gasteiger charge is -2.30. The zero-order valence-electron chi connectivity index (χ0n) is 11.1. The molecule has 0 bridgehead atoms. The second-order valence-electron chi connectivity index (χ2n) is 4.56. The van der Waals surface area contributed by atoms with E-state index in [1.807, 2.05) is 5.32 Å². The minimum Gasteiger partial charge on any atom is -0.345 e. The molecule has 1 aliphatic heterocycles. The molecule has 0 aromatic rings. The van der Waals surface area contributed by atoms with Crippen LogP contribution in [-0.2, 0) is 9.59 Å². The monoisotopic (exact) mass is 344 g/mol. The number of hydrogen-bond donors (Lipinski definition) is 2. The van der Waals surface area contributed by atoms with Gasteiger partial charge in [0.05, 0.1) is 5.37 Å². The van der Waals surface area contributed by atoms with Crippen LogP contribution in [0.25, 0.3) is 0 Å². The first kappa shape index (κ1) is 18.1. The van der Waals surface area contributed by atoms with E-state index < -0.39 is 34.4 Å². The van der Waals surface area contributed by atoms with Crippen LogP contribution in [0.15, 0.2) is 0 Å². The van der Waals surface area contributed by atoms with Crippen LogP contribution in [0.1, 0.15) is 26.2 Å². The van der Waals surface area contributed by atoms with Crippen LogP contribution in [0.4, 0.5) is 18.0 Å². The summed E-state index contributed by atoms with van der Waals surface area (Å²) in [7, 11) is 0. The predicted molar refractivity (Wildman–Crippen MR) is 75.0 cm³/mol. The van der Waals surface area contributed by atoms with Gasteiger partial charge in [0.25, 0.3) is 0 Å². The summed E-state index contributed by atoms with van der Waals surface area (Å²) in [6.45, 7) is 1.27. The summed E-state index contributed by atoms with van der Waals surface area (Å²) in [4.78, 5) is 34.9. The lowest BCUT2D eigenvalue weighted by atomic mass is 10.2. The normalized spacial score (nSPS) is 18.5. The van der Waals surface area contributed by atoms with Crippen molar-refractivity contribution in [1.82, 2.24) is 10.2 Å². The van der Waals surface area contributed by atoms with Gasteiger partial charge in [-0.25, -0.2) is 0 Å². The number of alkyl halides is 3. The number of thiol groups is 1. The van der Waals surface area contributed by atoms with Crippen molar-refractivity contribution in [1.29, 1.82) is 0 Å². The van der Waals surface area contributed by atoms with Crippen molar-refractivity contribution in [3.63, 3.8) is 0 Å². The van der Waals surface area contributed by atoms with Crippen molar-refractivity contribution < 1.29 is 27.6 Å². The van der Waals surface area contributed by atoms with Gasteiger partial charge in [-0.3, -0.25) is 14.4 Å². The number of rotatable bonds is 5. The predicted octanol–water partition coefficient (Wildman–Crippen LogP) is 2.17. The van der Waals surface area contributed by atoms with Gasteiger partial charge in [-0.15, -0.1) is 0 Å². The number of carbonyl (C=O) groups is 3. The molecule has 1 saturated heterocycles. The molecule has 2 amide bonds. The standard InChI is InChI=1S/C11H15F3N2O3S2/c1-6(17)15-7(11(12,13)14)5-9(21-10(19)20)16-4-2-3-8(16)18/h7,9H,2-5H2,1H3,(H,15,17)(H,19,20). The SMILES string of the molecule is CC(=O)NC(CC(SC(=O)S)N1CCCC1=O)C(F)(F)F. The molecule has 1 N–H and O–H groups in total. The van der Waals surface area contributed by atoms with Crippen molar-refractivity contribution in [2.75, 3.05) is 6.54 Å². The Bertz CT molecular complexity index is 431. The number of likely N-dealkylation sites (tertiary alicyclic amines) is 1. The molecule has 1 aliphatic rings. The molecule has 2 unspecified atom stereocenters. The summed E-state index contributed by atoms with van der Waals surface area (Å²) in [6, 6.07) is -2.12. The van der Waals surface area contributed by atoms with Crippen LogP contribution in [-0.4, -0.2) is 45.3 Å². The Hall–Kier alpha value is -0.900. The Morgan fingerprint density at radius 3 is 2.48 bits per heavy atom. The molecule has 0 radical (unpaired) electrons. The second kappa shape index (κ2) is 7.39. The molecule has 0 aromatic heterocycles. The number of nitrogens with one attached hydrogen (secondary N) is 1. The number of carbonyl (C=O) groups excluding carboxylic acids is 3. The zero-order chi connectivity index (χ0) is 16.2. The van der Waals surface area contributed by atoms with Crippen molar-refractivity contribution in [3.05, 3.63) is 0 Å². The van der Waals surface area contributed by atoms with Gasteiger partial charge in [-0.1, -0.05) is 24.4 Å². The molecule has 1 rings (SSSR count). The highest BCUT2D eigenvalue weighted by molar-refractivity contribution is 8.32. The number of thioether (sulfide) groups is 1. The molecular weight excluding hydrogens is 329 g/mol. The summed E-state index contributed by atoms with van der Waals surface area (Å²) >= 11 is 4.09. The van der Waals surface area contributed by atoms with Gasteiger partial charge < -0.3 is 10.2 Å². The fraction of sp³-hybridized carbons (Fsp3) is 0.727. The third-order valence-corrected chi connectivity index (χ3v) is 4.14. The first-order chi connectivity index (χ1) is 9.61. The molecule has 5 nitrogen and oxygen atoms in total. The molecular formula is C11H15F3N2O3S2. The Kier molecular flexibility index (Phi) is 6.39. The third kappa shape index (κ3) is 5.77. The third-order valence-electron chi connectivity index (χ3n) is 2.90. The maximum Gasteiger partial charge on any atom is 0.408 e. The Labute approximate surface area is 129 Å². The van der Waals surface area contributed by atoms with Gasteiger partial charge >= 0.3 is 6.18 Å². The van der Waals surface area contributed by atoms with Crippen LogP contribution in [0.5, 0.6) is 0 Å². The van der Waals surface area contributed by atoms with E-state index in [1.54, 1.807) is 0 Å². The second-order valence-corrected chi connectivity index (χ2v) is 6.42. The first-order valence-electron chi connectivity index (χ1n) is 6.14. The fourth-order valence-corrected chi connectivity index (χ4v) is 3.29. The zero-order valence-corrected chi connectivity index (χ0v) is 12.9. The highest BCUT2D eigenvalue weighted by atomic mass is 32.2. The topological polar surface area (TPSA) is 66.5 Å². The molecule has 1 fully saturated rings. The summed E-state index contributed by atoms with van der Waals surface area (Å²) < 4.78 is 38.1. The van der Waals surface area contributed by atoms with E-state index >= 15 is 0 Å².